The fourth-order valence-electron chi connectivity index (χ4n) is 4.61. The summed E-state index contributed by atoms with van der Waals surface area (Å²) in [6.07, 6.45) is 4.79. The van der Waals surface area contributed by atoms with Gasteiger partial charge in [-0.15, -0.1) is 0 Å². The predicted octanol–water partition coefficient (Wildman–Crippen LogP) is 3.61. The lowest BCUT2D eigenvalue weighted by atomic mass is 9.88. The summed E-state index contributed by atoms with van der Waals surface area (Å²) in [6, 6.07) is 18.2. The highest BCUT2D eigenvalue weighted by atomic mass is 16.5. The number of aliphatic imine (C=N–C) groups is 1. The van der Waals surface area contributed by atoms with E-state index in [2.05, 4.69) is 17.1 Å². The van der Waals surface area contributed by atoms with Gasteiger partial charge in [0.05, 0.1) is 25.3 Å². The normalized spacial score (nSPS) is 18.4. The summed E-state index contributed by atoms with van der Waals surface area (Å²) < 4.78 is 5.80. The molecule has 2 atom stereocenters. The number of rotatable bonds is 5. The number of fused-ring (bicyclic) bond motifs is 2. The van der Waals surface area contributed by atoms with E-state index in [1.54, 1.807) is 12.4 Å². The quantitative estimate of drug-likeness (QED) is 0.650. The maximum absolute atomic E-state index is 12.5. The monoisotopic (exact) mass is 412 g/mol. The van der Waals surface area contributed by atoms with Gasteiger partial charge in [0, 0.05) is 35.9 Å². The molecule has 5 heteroatoms. The van der Waals surface area contributed by atoms with Crippen molar-refractivity contribution >= 4 is 11.7 Å². The molecule has 3 heterocycles. The average molecular weight is 412 g/mol. The van der Waals surface area contributed by atoms with Crippen LogP contribution in [0.25, 0.3) is 0 Å². The zero-order chi connectivity index (χ0) is 21.2. The highest BCUT2D eigenvalue weighted by Gasteiger charge is 2.28. The molecule has 156 valence electrons. The van der Waals surface area contributed by atoms with E-state index < -0.39 is 0 Å². The number of benzene rings is 2. The van der Waals surface area contributed by atoms with Crippen LogP contribution in [0.1, 0.15) is 45.7 Å². The molecule has 2 aromatic carbocycles. The summed E-state index contributed by atoms with van der Waals surface area (Å²) in [7, 11) is 0. The lowest BCUT2D eigenvalue weighted by molar-refractivity contribution is -0.148. The van der Waals surface area contributed by atoms with Crippen LogP contribution in [-0.4, -0.2) is 34.5 Å². The maximum atomic E-state index is 12.5. The number of carbonyl (C=O) groups excluding carboxylic acids is 1. The topological polar surface area (TPSA) is 71.8 Å². The van der Waals surface area contributed by atoms with Crippen molar-refractivity contribution in [2.24, 2.45) is 4.99 Å². The summed E-state index contributed by atoms with van der Waals surface area (Å²) in [4.78, 5) is 21.4. The summed E-state index contributed by atoms with van der Waals surface area (Å²) in [6.45, 7) is 0.646. The Morgan fingerprint density at radius 1 is 1.03 bits per heavy atom. The number of esters is 1. The second-order valence-corrected chi connectivity index (χ2v) is 8.20. The van der Waals surface area contributed by atoms with Crippen LogP contribution >= 0.6 is 0 Å². The number of aromatic nitrogens is 1. The van der Waals surface area contributed by atoms with Gasteiger partial charge in [0.15, 0.2) is 0 Å². The number of pyridine rings is 1. The van der Waals surface area contributed by atoms with Gasteiger partial charge in [0.2, 0.25) is 0 Å². The van der Waals surface area contributed by atoms with Crippen molar-refractivity contribution in [3.63, 3.8) is 0 Å². The van der Waals surface area contributed by atoms with Gasteiger partial charge in [0.1, 0.15) is 6.10 Å². The van der Waals surface area contributed by atoms with Gasteiger partial charge >= 0.3 is 5.97 Å². The second kappa shape index (κ2) is 8.44. The molecule has 0 saturated carbocycles. The zero-order valence-corrected chi connectivity index (χ0v) is 17.2. The van der Waals surface area contributed by atoms with Crippen molar-refractivity contribution < 1.29 is 14.6 Å². The van der Waals surface area contributed by atoms with E-state index in [4.69, 9.17) is 9.73 Å². The molecule has 0 saturated heterocycles. The Morgan fingerprint density at radius 2 is 1.84 bits per heavy atom. The molecule has 5 rings (SSSR count). The van der Waals surface area contributed by atoms with E-state index in [9.17, 15) is 9.90 Å². The molecule has 0 aliphatic carbocycles. The first kappa shape index (κ1) is 19.6. The lowest BCUT2D eigenvalue weighted by Crippen LogP contribution is -2.23. The summed E-state index contributed by atoms with van der Waals surface area (Å²) in [5.41, 5.74) is 7.52. The number of hydrogen-bond acceptors (Lipinski definition) is 5. The first-order valence-electron chi connectivity index (χ1n) is 10.7. The summed E-state index contributed by atoms with van der Waals surface area (Å²) in [5, 5.41) is 9.97. The molecular weight excluding hydrogens is 388 g/mol. The van der Waals surface area contributed by atoms with Crippen LogP contribution in [0.3, 0.4) is 0 Å². The van der Waals surface area contributed by atoms with E-state index in [0.29, 0.717) is 19.4 Å². The molecule has 31 heavy (non-hydrogen) atoms. The Hall–Kier alpha value is -3.31. The third kappa shape index (κ3) is 4.01. The Labute approximate surface area is 181 Å². The van der Waals surface area contributed by atoms with Gasteiger partial charge in [-0.05, 0) is 46.9 Å². The number of hydrogen-bond donors (Lipinski definition) is 1. The molecule has 2 aliphatic rings. The molecule has 2 aliphatic heterocycles. The highest BCUT2D eigenvalue weighted by Crippen LogP contribution is 2.31. The van der Waals surface area contributed by atoms with Crippen LogP contribution in [0.15, 0.2) is 72.0 Å². The van der Waals surface area contributed by atoms with Crippen LogP contribution in [0, 0.1) is 0 Å². The van der Waals surface area contributed by atoms with Crippen molar-refractivity contribution in [1.82, 2.24) is 4.98 Å². The van der Waals surface area contributed by atoms with E-state index in [0.717, 1.165) is 39.1 Å². The minimum absolute atomic E-state index is 0.0218. The number of ether oxygens (including phenoxy) is 1. The molecule has 0 bridgehead atoms. The number of nitrogens with zero attached hydrogens (tertiary/aromatic N) is 2. The Kier molecular flexibility index (Phi) is 5.35. The molecule has 0 spiro atoms. The fraction of sp³-hybridized carbons (Fsp3) is 0.269. The summed E-state index contributed by atoms with van der Waals surface area (Å²) >= 11 is 0. The Bertz CT molecular complexity index is 1130. The minimum Gasteiger partial charge on any atom is -0.462 e. The van der Waals surface area contributed by atoms with Gasteiger partial charge in [-0.1, -0.05) is 36.4 Å². The number of carbonyl (C=O) groups is 1. The van der Waals surface area contributed by atoms with Crippen LogP contribution in [0.5, 0.6) is 0 Å². The standard InChI is InChI=1S/C26H24N2O3/c29-16-22(17-4-2-1-3-5-17)12-23-11-20-13-24-21(10-19(20)14-25(30)31-23)15-28-26(24)18-6-8-27-9-7-18/h1-10,13,22-23,29H,11-12,14-16H2. The van der Waals surface area contributed by atoms with E-state index in [1.165, 1.54) is 0 Å². The second-order valence-electron chi connectivity index (χ2n) is 8.20. The number of cyclic esters (lactones) is 1. The van der Waals surface area contributed by atoms with Crippen molar-refractivity contribution in [2.75, 3.05) is 6.61 Å². The van der Waals surface area contributed by atoms with Crippen LogP contribution < -0.4 is 0 Å². The van der Waals surface area contributed by atoms with Gasteiger partial charge in [-0.25, -0.2) is 0 Å². The van der Waals surface area contributed by atoms with Gasteiger partial charge < -0.3 is 9.84 Å². The minimum atomic E-state index is -0.271. The number of aliphatic hydroxyl groups is 1. The van der Waals surface area contributed by atoms with E-state index >= 15 is 0 Å². The molecule has 0 radical (unpaired) electrons. The Morgan fingerprint density at radius 3 is 2.61 bits per heavy atom. The average Bonchev–Trinajstić information content (AvgIpc) is 3.13. The first-order valence-corrected chi connectivity index (χ1v) is 10.7. The largest absolute Gasteiger partial charge is 0.462 e. The van der Waals surface area contributed by atoms with Gasteiger partial charge in [-0.2, -0.15) is 0 Å². The maximum Gasteiger partial charge on any atom is 0.310 e. The van der Waals surface area contributed by atoms with E-state index in [-0.39, 0.29) is 31.0 Å². The smallest absolute Gasteiger partial charge is 0.310 e. The van der Waals surface area contributed by atoms with Crippen molar-refractivity contribution in [3.05, 3.63) is 100 Å². The molecule has 1 aromatic heterocycles. The molecule has 0 amide bonds. The van der Waals surface area contributed by atoms with Crippen LogP contribution in [0.2, 0.25) is 0 Å². The van der Waals surface area contributed by atoms with Crippen LogP contribution in [-0.2, 0) is 28.9 Å². The van der Waals surface area contributed by atoms with Crippen molar-refractivity contribution in [3.8, 4) is 0 Å². The molecule has 5 nitrogen and oxygen atoms in total. The van der Waals surface area contributed by atoms with E-state index in [1.807, 2.05) is 42.5 Å². The molecule has 0 fully saturated rings. The van der Waals surface area contributed by atoms with Crippen molar-refractivity contribution in [2.45, 2.75) is 37.8 Å². The SMILES string of the molecule is O=C1Cc2cc3c(cc2CC(CC(CO)c2ccccc2)O1)C(c1ccncc1)=NC3. The third-order valence-corrected chi connectivity index (χ3v) is 6.16. The third-order valence-electron chi connectivity index (χ3n) is 6.16. The van der Waals surface area contributed by atoms with Crippen LogP contribution in [0.4, 0.5) is 0 Å². The van der Waals surface area contributed by atoms with Gasteiger partial charge in [-0.3, -0.25) is 14.8 Å². The first-order chi connectivity index (χ1) is 15.2. The lowest BCUT2D eigenvalue weighted by Gasteiger charge is -2.22. The zero-order valence-electron chi connectivity index (χ0n) is 17.2. The molecule has 3 aromatic rings. The Balaban J connectivity index is 1.44. The molecule has 1 N–H and O–H groups in total. The van der Waals surface area contributed by atoms with Crippen molar-refractivity contribution in [1.29, 1.82) is 0 Å². The van der Waals surface area contributed by atoms with Gasteiger partial charge in [0.25, 0.3) is 0 Å². The summed E-state index contributed by atoms with van der Waals surface area (Å²) in [5.74, 6) is -0.273. The highest BCUT2D eigenvalue weighted by molar-refractivity contribution is 6.15. The predicted molar refractivity (Wildman–Crippen MR) is 118 cm³/mol. The fourth-order valence-corrected chi connectivity index (χ4v) is 4.61. The number of aliphatic hydroxyl groups excluding tert-OH is 1. The molecular formula is C26H24N2O3. The molecule has 2 unspecified atom stereocenters.